The first kappa shape index (κ1) is 14.1. The first-order valence-electron chi connectivity index (χ1n) is 7.68. The lowest BCUT2D eigenvalue weighted by molar-refractivity contribution is -0.137. The van der Waals surface area contributed by atoms with Crippen LogP contribution in [-0.4, -0.2) is 46.1 Å². The summed E-state index contributed by atoms with van der Waals surface area (Å²) in [4.78, 5) is 26.1. The van der Waals surface area contributed by atoms with Gasteiger partial charge in [-0.2, -0.15) is 5.10 Å². The number of nitrogens with one attached hydrogen (secondary N) is 1. The van der Waals surface area contributed by atoms with Gasteiger partial charge in [-0.3, -0.25) is 14.3 Å². The summed E-state index contributed by atoms with van der Waals surface area (Å²) in [5.41, 5.74) is 0.0846. The van der Waals surface area contributed by atoms with Crippen LogP contribution in [0.4, 0.5) is 0 Å². The van der Waals surface area contributed by atoms with E-state index in [0.29, 0.717) is 6.42 Å². The van der Waals surface area contributed by atoms with Crippen LogP contribution in [-0.2, 0) is 9.59 Å². The Balaban J connectivity index is 1.63. The van der Waals surface area contributed by atoms with E-state index in [1.807, 2.05) is 24.1 Å². The Hall–Kier alpha value is -1.85. The van der Waals surface area contributed by atoms with E-state index < -0.39 is 0 Å². The van der Waals surface area contributed by atoms with Gasteiger partial charge in [-0.1, -0.05) is 6.92 Å². The monoisotopic (exact) mass is 290 g/mol. The Morgan fingerprint density at radius 2 is 2.24 bits per heavy atom. The number of hydrogen-bond acceptors (Lipinski definition) is 3. The van der Waals surface area contributed by atoms with Crippen LogP contribution in [0.2, 0.25) is 0 Å². The molecule has 2 aliphatic heterocycles. The minimum absolute atomic E-state index is 0.0846. The number of nitrogens with zero attached hydrogens (tertiary/aromatic N) is 3. The Labute approximate surface area is 124 Å². The lowest BCUT2D eigenvalue weighted by Crippen LogP contribution is -2.46. The highest BCUT2D eigenvalue weighted by Crippen LogP contribution is 2.37. The largest absolute Gasteiger partial charge is 0.356 e. The van der Waals surface area contributed by atoms with E-state index in [9.17, 15) is 9.59 Å². The van der Waals surface area contributed by atoms with Crippen molar-refractivity contribution in [1.29, 1.82) is 0 Å². The standard InChI is InChI=1S/C15H22N4O2/c1-2-12(19-7-3-6-17-19)14(21)18-8-4-15(5-9-18)10-13(20)16-11-15/h3,6-7,12H,2,4-5,8-11H2,1H3,(H,16,20). The van der Waals surface area contributed by atoms with Crippen LogP contribution in [0.5, 0.6) is 0 Å². The highest BCUT2D eigenvalue weighted by Gasteiger charge is 2.42. The van der Waals surface area contributed by atoms with Crippen molar-refractivity contribution in [3.63, 3.8) is 0 Å². The number of carbonyl (C=O) groups is 2. The zero-order valence-corrected chi connectivity index (χ0v) is 12.4. The number of likely N-dealkylation sites (tertiary alicyclic amines) is 1. The molecular weight excluding hydrogens is 268 g/mol. The normalized spacial score (nSPS) is 22.3. The second kappa shape index (κ2) is 5.50. The van der Waals surface area contributed by atoms with Crippen molar-refractivity contribution in [2.45, 2.75) is 38.6 Å². The molecule has 3 rings (SSSR count). The van der Waals surface area contributed by atoms with Crippen molar-refractivity contribution in [2.24, 2.45) is 5.41 Å². The lowest BCUT2D eigenvalue weighted by Gasteiger charge is -2.39. The molecule has 0 aromatic carbocycles. The Morgan fingerprint density at radius 1 is 1.48 bits per heavy atom. The Kier molecular flexibility index (Phi) is 3.69. The van der Waals surface area contributed by atoms with Gasteiger partial charge in [0.25, 0.3) is 0 Å². The summed E-state index contributed by atoms with van der Waals surface area (Å²) >= 11 is 0. The summed E-state index contributed by atoms with van der Waals surface area (Å²) in [5.74, 6) is 0.297. The van der Waals surface area contributed by atoms with Gasteiger partial charge in [0.2, 0.25) is 11.8 Å². The number of carbonyl (C=O) groups excluding carboxylic acids is 2. The molecule has 21 heavy (non-hydrogen) atoms. The average molecular weight is 290 g/mol. The summed E-state index contributed by atoms with van der Waals surface area (Å²) in [6, 6.07) is 1.63. The third-order valence-electron chi connectivity index (χ3n) is 4.85. The van der Waals surface area contributed by atoms with Crippen molar-refractivity contribution in [1.82, 2.24) is 20.0 Å². The molecule has 1 atom stereocenters. The minimum Gasteiger partial charge on any atom is -0.356 e. The molecule has 1 aromatic heterocycles. The van der Waals surface area contributed by atoms with Crippen molar-refractivity contribution in [2.75, 3.05) is 19.6 Å². The van der Waals surface area contributed by atoms with Gasteiger partial charge in [-0.05, 0) is 30.7 Å². The number of piperidine rings is 1. The van der Waals surface area contributed by atoms with E-state index in [1.54, 1.807) is 10.9 Å². The average Bonchev–Trinajstić information content (AvgIpc) is 3.12. The predicted molar refractivity (Wildman–Crippen MR) is 77.4 cm³/mol. The Morgan fingerprint density at radius 3 is 2.76 bits per heavy atom. The highest BCUT2D eigenvalue weighted by atomic mass is 16.2. The third-order valence-corrected chi connectivity index (χ3v) is 4.85. The van der Waals surface area contributed by atoms with Gasteiger partial charge in [0.05, 0.1) is 0 Å². The molecule has 1 unspecified atom stereocenters. The first-order chi connectivity index (χ1) is 10.1. The van der Waals surface area contributed by atoms with Crippen molar-refractivity contribution < 1.29 is 9.59 Å². The molecule has 0 radical (unpaired) electrons. The molecule has 1 spiro atoms. The van der Waals surface area contributed by atoms with Crippen molar-refractivity contribution >= 4 is 11.8 Å². The summed E-state index contributed by atoms with van der Waals surface area (Å²) in [5, 5.41) is 7.12. The van der Waals surface area contributed by atoms with Crippen LogP contribution < -0.4 is 5.32 Å². The molecule has 2 saturated heterocycles. The summed E-state index contributed by atoms with van der Waals surface area (Å²) in [6.45, 7) is 4.26. The molecule has 0 aliphatic carbocycles. The van der Waals surface area contributed by atoms with E-state index in [-0.39, 0.29) is 23.3 Å². The third kappa shape index (κ3) is 2.66. The molecule has 2 fully saturated rings. The van der Waals surface area contributed by atoms with Gasteiger partial charge < -0.3 is 10.2 Å². The summed E-state index contributed by atoms with van der Waals surface area (Å²) < 4.78 is 1.74. The van der Waals surface area contributed by atoms with Crippen LogP contribution in [0.3, 0.4) is 0 Å². The maximum Gasteiger partial charge on any atom is 0.247 e. The quantitative estimate of drug-likeness (QED) is 0.901. The van der Waals surface area contributed by atoms with Gasteiger partial charge in [0.1, 0.15) is 6.04 Å². The zero-order chi connectivity index (χ0) is 14.9. The van der Waals surface area contributed by atoms with Gasteiger partial charge in [-0.15, -0.1) is 0 Å². The molecule has 6 nitrogen and oxygen atoms in total. The lowest BCUT2D eigenvalue weighted by atomic mass is 9.77. The van der Waals surface area contributed by atoms with Crippen LogP contribution in [0.25, 0.3) is 0 Å². The maximum absolute atomic E-state index is 12.7. The van der Waals surface area contributed by atoms with Crippen LogP contribution >= 0.6 is 0 Å². The van der Waals surface area contributed by atoms with Gasteiger partial charge in [0, 0.05) is 38.4 Å². The van der Waals surface area contributed by atoms with Crippen molar-refractivity contribution in [3.05, 3.63) is 18.5 Å². The molecule has 1 N–H and O–H groups in total. The van der Waals surface area contributed by atoms with E-state index in [2.05, 4.69) is 10.4 Å². The van der Waals surface area contributed by atoms with Crippen molar-refractivity contribution in [3.8, 4) is 0 Å². The minimum atomic E-state index is -0.211. The molecule has 2 amide bonds. The molecule has 1 aromatic rings. The topological polar surface area (TPSA) is 67.2 Å². The molecular formula is C15H22N4O2. The Bertz CT molecular complexity index is 518. The number of rotatable bonds is 3. The van der Waals surface area contributed by atoms with Gasteiger partial charge in [0.15, 0.2) is 0 Å². The van der Waals surface area contributed by atoms with Gasteiger partial charge >= 0.3 is 0 Å². The summed E-state index contributed by atoms with van der Waals surface area (Å²) in [7, 11) is 0. The molecule has 114 valence electrons. The summed E-state index contributed by atoms with van der Waals surface area (Å²) in [6.07, 6.45) is 6.72. The van der Waals surface area contributed by atoms with E-state index in [4.69, 9.17) is 0 Å². The second-order valence-corrected chi connectivity index (χ2v) is 6.19. The predicted octanol–water partition coefficient (Wildman–Crippen LogP) is 0.963. The SMILES string of the molecule is CCC(C(=O)N1CCC2(CC1)CNC(=O)C2)n1cccn1. The van der Waals surface area contributed by atoms with Crippen LogP contribution in [0, 0.1) is 5.41 Å². The number of hydrogen-bond donors (Lipinski definition) is 1. The highest BCUT2D eigenvalue weighted by molar-refractivity contribution is 5.81. The first-order valence-corrected chi connectivity index (χ1v) is 7.68. The molecule has 6 heteroatoms. The fraction of sp³-hybridized carbons (Fsp3) is 0.667. The number of aromatic nitrogens is 2. The van der Waals surface area contributed by atoms with E-state index in [0.717, 1.165) is 38.9 Å². The molecule has 2 aliphatic rings. The second-order valence-electron chi connectivity index (χ2n) is 6.19. The van der Waals surface area contributed by atoms with Crippen LogP contribution in [0.15, 0.2) is 18.5 Å². The van der Waals surface area contributed by atoms with Crippen LogP contribution in [0.1, 0.15) is 38.6 Å². The molecule has 0 bridgehead atoms. The smallest absolute Gasteiger partial charge is 0.247 e. The van der Waals surface area contributed by atoms with E-state index in [1.165, 1.54) is 0 Å². The fourth-order valence-electron chi connectivity index (χ4n) is 3.46. The number of amides is 2. The van der Waals surface area contributed by atoms with E-state index >= 15 is 0 Å². The molecule has 3 heterocycles. The maximum atomic E-state index is 12.7. The molecule has 0 saturated carbocycles. The fourth-order valence-corrected chi connectivity index (χ4v) is 3.46. The zero-order valence-electron chi connectivity index (χ0n) is 12.4. The van der Waals surface area contributed by atoms with Gasteiger partial charge in [-0.25, -0.2) is 0 Å².